The van der Waals surface area contributed by atoms with Crippen LogP contribution in [-0.2, 0) is 0 Å². The first-order valence-electron chi connectivity index (χ1n) is 7.59. The molecule has 102 valence electrons. The van der Waals surface area contributed by atoms with E-state index in [0.29, 0.717) is 0 Å². The average molecular weight is 249 g/mol. The van der Waals surface area contributed by atoms with Gasteiger partial charge in [0.05, 0.1) is 6.07 Å². The third-order valence-corrected chi connectivity index (χ3v) is 4.69. The monoisotopic (exact) mass is 249 g/mol. The summed E-state index contributed by atoms with van der Waals surface area (Å²) in [5.74, 6) is 0.900. The third-order valence-electron chi connectivity index (χ3n) is 4.69. The van der Waals surface area contributed by atoms with Crippen molar-refractivity contribution in [2.75, 3.05) is 19.6 Å². The molecular weight excluding hydrogens is 222 g/mol. The van der Waals surface area contributed by atoms with E-state index in [2.05, 4.69) is 23.2 Å². The molecule has 1 aliphatic heterocycles. The summed E-state index contributed by atoms with van der Waals surface area (Å²) in [6, 6.07) is 3.22. The van der Waals surface area contributed by atoms with Gasteiger partial charge in [-0.2, -0.15) is 5.26 Å². The highest BCUT2D eigenvalue weighted by Crippen LogP contribution is 2.35. The predicted octanol–water partition coefficient (Wildman–Crippen LogP) is 2.53. The summed E-state index contributed by atoms with van der Waals surface area (Å²) in [5, 5.41) is 12.8. The molecular formula is C15H27N3. The largest absolute Gasteiger partial charge is 0.299 e. The van der Waals surface area contributed by atoms with Crippen LogP contribution in [0, 0.1) is 17.2 Å². The number of nitrogens with zero attached hydrogens (tertiary/aromatic N) is 2. The summed E-state index contributed by atoms with van der Waals surface area (Å²) in [4.78, 5) is 2.60. The molecule has 1 saturated heterocycles. The van der Waals surface area contributed by atoms with Gasteiger partial charge in [-0.05, 0) is 51.6 Å². The summed E-state index contributed by atoms with van der Waals surface area (Å²) in [7, 11) is 0. The van der Waals surface area contributed by atoms with Gasteiger partial charge in [-0.1, -0.05) is 19.8 Å². The second kappa shape index (κ2) is 6.04. The Kier molecular flexibility index (Phi) is 4.64. The van der Waals surface area contributed by atoms with Crippen LogP contribution in [0.15, 0.2) is 0 Å². The van der Waals surface area contributed by atoms with E-state index in [4.69, 9.17) is 0 Å². The molecule has 3 heteroatoms. The van der Waals surface area contributed by atoms with E-state index in [-0.39, 0.29) is 5.54 Å². The van der Waals surface area contributed by atoms with Crippen LogP contribution < -0.4 is 5.32 Å². The highest BCUT2D eigenvalue weighted by Gasteiger charge is 2.36. The summed E-state index contributed by atoms with van der Waals surface area (Å²) >= 11 is 0. The average Bonchev–Trinajstić information content (AvgIpc) is 2.39. The SMILES string of the molecule is CCNC(C)(C#N)CN1CCC[C@H]2CCCC[C@H]21. The first-order valence-corrected chi connectivity index (χ1v) is 7.59. The second-order valence-corrected chi connectivity index (χ2v) is 6.20. The molecule has 18 heavy (non-hydrogen) atoms. The van der Waals surface area contributed by atoms with Crippen molar-refractivity contribution in [2.24, 2.45) is 5.92 Å². The molecule has 1 aliphatic carbocycles. The van der Waals surface area contributed by atoms with Crippen molar-refractivity contribution in [2.45, 2.75) is 64.0 Å². The van der Waals surface area contributed by atoms with Crippen LogP contribution in [0.25, 0.3) is 0 Å². The first-order chi connectivity index (χ1) is 8.68. The molecule has 0 aromatic carbocycles. The Bertz CT molecular complexity index is 307. The van der Waals surface area contributed by atoms with Gasteiger partial charge in [0.2, 0.25) is 0 Å². The molecule has 1 saturated carbocycles. The Morgan fingerprint density at radius 3 is 2.72 bits per heavy atom. The minimum atomic E-state index is -0.381. The maximum absolute atomic E-state index is 9.40. The quantitative estimate of drug-likeness (QED) is 0.832. The van der Waals surface area contributed by atoms with E-state index in [0.717, 1.165) is 25.0 Å². The van der Waals surface area contributed by atoms with E-state index < -0.39 is 0 Å². The van der Waals surface area contributed by atoms with E-state index >= 15 is 0 Å². The standard InChI is InChI=1S/C15H27N3/c1-3-17-15(2,11-16)12-18-10-6-8-13-7-4-5-9-14(13)18/h13-14,17H,3-10,12H2,1-2H3/t13-,14-,15?/m1/s1. The molecule has 1 N–H and O–H groups in total. The summed E-state index contributed by atoms with van der Waals surface area (Å²) < 4.78 is 0. The number of likely N-dealkylation sites (tertiary alicyclic amines) is 1. The third kappa shape index (κ3) is 3.05. The predicted molar refractivity (Wildman–Crippen MR) is 74.2 cm³/mol. The number of hydrogen-bond donors (Lipinski definition) is 1. The lowest BCUT2D eigenvalue weighted by Gasteiger charge is -2.46. The molecule has 3 nitrogen and oxygen atoms in total. The summed E-state index contributed by atoms with van der Waals surface area (Å²) in [6.07, 6.45) is 8.27. The fourth-order valence-electron chi connectivity index (χ4n) is 3.85. The van der Waals surface area contributed by atoms with Crippen LogP contribution in [0.3, 0.4) is 0 Å². The van der Waals surface area contributed by atoms with Crippen molar-refractivity contribution in [1.29, 1.82) is 5.26 Å². The zero-order valence-corrected chi connectivity index (χ0v) is 11.9. The normalized spacial score (nSPS) is 32.3. The maximum atomic E-state index is 9.40. The Morgan fingerprint density at radius 1 is 1.28 bits per heavy atom. The van der Waals surface area contributed by atoms with Gasteiger partial charge in [0.15, 0.2) is 0 Å². The van der Waals surface area contributed by atoms with Crippen LogP contribution in [-0.4, -0.2) is 36.1 Å². The highest BCUT2D eigenvalue weighted by molar-refractivity contribution is 5.07. The fourth-order valence-corrected chi connectivity index (χ4v) is 3.85. The molecule has 2 fully saturated rings. The summed E-state index contributed by atoms with van der Waals surface area (Å²) in [6.45, 7) is 7.06. The Balaban J connectivity index is 2.00. The van der Waals surface area contributed by atoms with Gasteiger partial charge in [0, 0.05) is 12.6 Å². The smallest absolute Gasteiger partial charge is 0.116 e. The van der Waals surface area contributed by atoms with Crippen molar-refractivity contribution in [1.82, 2.24) is 10.2 Å². The van der Waals surface area contributed by atoms with Crippen LogP contribution >= 0.6 is 0 Å². The molecule has 0 amide bonds. The molecule has 3 atom stereocenters. The number of piperidine rings is 1. The number of rotatable bonds is 4. The number of hydrogen-bond acceptors (Lipinski definition) is 3. The number of nitriles is 1. The molecule has 0 aromatic rings. The molecule has 1 heterocycles. The van der Waals surface area contributed by atoms with Crippen molar-refractivity contribution >= 4 is 0 Å². The van der Waals surface area contributed by atoms with Crippen molar-refractivity contribution in [3.63, 3.8) is 0 Å². The van der Waals surface area contributed by atoms with Gasteiger partial charge in [-0.3, -0.25) is 10.2 Å². The Hall–Kier alpha value is -0.590. The van der Waals surface area contributed by atoms with Crippen molar-refractivity contribution in [3.8, 4) is 6.07 Å². The van der Waals surface area contributed by atoms with Gasteiger partial charge < -0.3 is 0 Å². The van der Waals surface area contributed by atoms with E-state index in [1.54, 1.807) is 0 Å². The maximum Gasteiger partial charge on any atom is 0.116 e. The lowest BCUT2D eigenvalue weighted by atomic mass is 9.78. The first kappa shape index (κ1) is 13.8. The van der Waals surface area contributed by atoms with Gasteiger partial charge in [-0.25, -0.2) is 0 Å². The van der Waals surface area contributed by atoms with Gasteiger partial charge in [0.25, 0.3) is 0 Å². The second-order valence-electron chi connectivity index (χ2n) is 6.20. The van der Waals surface area contributed by atoms with Gasteiger partial charge >= 0.3 is 0 Å². The number of fused-ring (bicyclic) bond motifs is 1. The summed E-state index contributed by atoms with van der Waals surface area (Å²) in [5.41, 5.74) is -0.381. The molecule has 0 radical (unpaired) electrons. The lowest BCUT2D eigenvalue weighted by molar-refractivity contribution is 0.0470. The Morgan fingerprint density at radius 2 is 2.00 bits per heavy atom. The fraction of sp³-hybridized carbons (Fsp3) is 0.933. The number of likely N-dealkylation sites (N-methyl/N-ethyl adjacent to an activating group) is 1. The highest BCUT2D eigenvalue weighted by atomic mass is 15.2. The minimum absolute atomic E-state index is 0.381. The van der Waals surface area contributed by atoms with Crippen molar-refractivity contribution in [3.05, 3.63) is 0 Å². The van der Waals surface area contributed by atoms with Crippen LogP contribution in [0.4, 0.5) is 0 Å². The van der Waals surface area contributed by atoms with E-state index in [1.165, 1.54) is 45.1 Å². The molecule has 2 aliphatic rings. The van der Waals surface area contributed by atoms with Gasteiger partial charge in [0.1, 0.15) is 5.54 Å². The van der Waals surface area contributed by atoms with E-state index in [9.17, 15) is 5.26 Å². The zero-order valence-electron chi connectivity index (χ0n) is 11.9. The topological polar surface area (TPSA) is 39.1 Å². The molecule has 0 spiro atoms. The Labute approximate surface area is 112 Å². The molecule has 2 rings (SSSR count). The minimum Gasteiger partial charge on any atom is -0.299 e. The van der Waals surface area contributed by atoms with Gasteiger partial charge in [-0.15, -0.1) is 0 Å². The molecule has 0 aromatic heterocycles. The lowest BCUT2D eigenvalue weighted by Crippen LogP contribution is -2.56. The van der Waals surface area contributed by atoms with Crippen LogP contribution in [0.2, 0.25) is 0 Å². The zero-order chi connectivity index (χ0) is 13.0. The van der Waals surface area contributed by atoms with Crippen molar-refractivity contribution < 1.29 is 0 Å². The molecule has 0 bridgehead atoms. The number of nitrogens with one attached hydrogen (secondary N) is 1. The molecule has 1 unspecified atom stereocenters. The van der Waals surface area contributed by atoms with Crippen LogP contribution in [0.1, 0.15) is 52.4 Å². The van der Waals surface area contributed by atoms with E-state index in [1.807, 2.05) is 6.92 Å². The van der Waals surface area contributed by atoms with Crippen LogP contribution in [0.5, 0.6) is 0 Å².